The van der Waals surface area contributed by atoms with Gasteiger partial charge >= 0.3 is 0 Å². The Balaban J connectivity index is 1.65. The minimum Gasteiger partial charge on any atom is -0.289 e. The fourth-order valence-electron chi connectivity index (χ4n) is 4.51. The standard InChI is InChI=1S/C32H46OS/c1-4-7-8-9-10-11-12-13-14-15-16-26-34-29-23-20-27(21-24-29)22-25-32(33)31-19-17-18-28(5-2)30(31)6-3/h17-25H,4-16,26H2,1-3H3. The summed E-state index contributed by atoms with van der Waals surface area (Å²) in [7, 11) is 0. The highest BCUT2D eigenvalue weighted by Gasteiger charge is 2.10. The molecule has 2 aromatic carbocycles. The summed E-state index contributed by atoms with van der Waals surface area (Å²) in [5, 5.41) is 0. The third kappa shape index (κ3) is 10.6. The van der Waals surface area contributed by atoms with Crippen molar-refractivity contribution in [1.29, 1.82) is 0 Å². The molecule has 0 saturated carbocycles. The molecular weight excluding hydrogens is 432 g/mol. The van der Waals surface area contributed by atoms with E-state index in [4.69, 9.17) is 0 Å². The second kappa shape index (κ2) is 17.6. The average molecular weight is 479 g/mol. The number of hydrogen-bond acceptors (Lipinski definition) is 2. The Morgan fingerprint density at radius 1 is 0.735 bits per heavy atom. The van der Waals surface area contributed by atoms with Crippen molar-refractivity contribution in [2.75, 3.05) is 5.75 Å². The summed E-state index contributed by atoms with van der Waals surface area (Å²) >= 11 is 1.95. The predicted octanol–water partition coefficient (Wildman–Crippen LogP) is 10.1. The third-order valence-corrected chi connectivity index (χ3v) is 7.70. The van der Waals surface area contributed by atoms with Crippen molar-refractivity contribution in [1.82, 2.24) is 0 Å². The quantitative estimate of drug-likeness (QED) is 0.0917. The van der Waals surface area contributed by atoms with E-state index in [0.717, 1.165) is 24.0 Å². The second-order valence-corrected chi connectivity index (χ2v) is 10.5. The van der Waals surface area contributed by atoms with Crippen LogP contribution < -0.4 is 0 Å². The van der Waals surface area contributed by atoms with Crippen LogP contribution in [0.5, 0.6) is 0 Å². The third-order valence-electron chi connectivity index (χ3n) is 6.60. The van der Waals surface area contributed by atoms with Gasteiger partial charge in [-0.15, -0.1) is 11.8 Å². The largest absolute Gasteiger partial charge is 0.289 e. The number of ketones is 1. The van der Waals surface area contributed by atoms with Crippen LogP contribution in [0.3, 0.4) is 0 Å². The zero-order chi connectivity index (χ0) is 24.4. The molecule has 2 heteroatoms. The van der Waals surface area contributed by atoms with E-state index in [1.165, 1.54) is 92.4 Å². The highest BCUT2D eigenvalue weighted by atomic mass is 32.2. The summed E-state index contributed by atoms with van der Waals surface area (Å²) in [6, 6.07) is 14.7. The van der Waals surface area contributed by atoms with Crippen molar-refractivity contribution in [3.63, 3.8) is 0 Å². The molecule has 0 saturated heterocycles. The minimum atomic E-state index is 0.0992. The number of carbonyl (C=O) groups is 1. The molecule has 0 spiro atoms. The number of hydrogen-bond donors (Lipinski definition) is 0. The van der Waals surface area contributed by atoms with E-state index >= 15 is 0 Å². The number of rotatable bonds is 18. The highest BCUT2D eigenvalue weighted by molar-refractivity contribution is 7.99. The molecule has 0 fully saturated rings. The van der Waals surface area contributed by atoms with Crippen LogP contribution in [0.15, 0.2) is 53.4 Å². The molecule has 0 N–H and O–H groups in total. The summed E-state index contributed by atoms with van der Waals surface area (Å²) in [5.74, 6) is 1.29. The lowest BCUT2D eigenvalue weighted by Gasteiger charge is -2.10. The van der Waals surface area contributed by atoms with Gasteiger partial charge in [-0.3, -0.25) is 4.79 Å². The summed E-state index contributed by atoms with van der Waals surface area (Å²) in [6.07, 6.45) is 20.8. The Morgan fingerprint density at radius 2 is 1.35 bits per heavy atom. The molecule has 0 heterocycles. The van der Waals surface area contributed by atoms with Gasteiger partial charge in [0.05, 0.1) is 0 Å². The lowest BCUT2D eigenvalue weighted by molar-refractivity contribution is 0.104. The normalized spacial score (nSPS) is 11.4. The summed E-state index contributed by atoms with van der Waals surface area (Å²) in [6.45, 7) is 6.56. The molecule has 34 heavy (non-hydrogen) atoms. The van der Waals surface area contributed by atoms with Crippen LogP contribution >= 0.6 is 11.8 Å². The second-order valence-electron chi connectivity index (χ2n) is 9.30. The maximum Gasteiger partial charge on any atom is 0.186 e. The molecule has 0 atom stereocenters. The number of unbranched alkanes of at least 4 members (excludes halogenated alkanes) is 10. The average Bonchev–Trinajstić information content (AvgIpc) is 2.88. The maximum atomic E-state index is 12.8. The number of aryl methyl sites for hydroxylation is 1. The Morgan fingerprint density at radius 3 is 1.94 bits per heavy atom. The zero-order valence-electron chi connectivity index (χ0n) is 21.9. The molecule has 0 radical (unpaired) electrons. The lowest BCUT2D eigenvalue weighted by atomic mass is 9.94. The van der Waals surface area contributed by atoms with E-state index < -0.39 is 0 Å². The van der Waals surface area contributed by atoms with Crippen molar-refractivity contribution in [3.05, 3.63) is 70.8 Å². The van der Waals surface area contributed by atoms with Gasteiger partial charge in [0.25, 0.3) is 0 Å². The number of benzene rings is 2. The lowest BCUT2D eigenvalue weighted by Crippen LogP contribution is -2.03. The van der Waals surface area contributed by atoms with Crippen LogP contribution in [-0.2, 0) is 12.8 Å². The first kappa shape index (κ1) is 28.4. The first-order chi connectivity index (χ1) is 16.7. The molecule has 1 nitrogen and oxygen atoms in total. The number of thioether (sulfide) groups is 1. The van der Waals surface area contributed by atoms with Crippen LogP contribution in [0.25, 0.3) is 6.08 Å². The van der Waals surface area contributed by atoms with E-state index in [9.17, 15) is 4.79 Å². The monoisotopic (exact) mass is 478 g/mol. The van der Waals surface area contributed by atoms with Gasteiger partial charge in [-0.2, -0.15) is 0 Å². The van der Waals surface area contributed by atoms with Gasteiger partial charge in [-0.25, -0.2) is 0 Å². The Bertz CT molecular complexity index is 850. The van der Waals surface area contributed by atoms with Crippen molar-refractivity contribution in [3.8, 4) is 0 Å². The van der Waals surface area contributed by atoms with Crippen LogP contribution in [-0.4, -0.2) is 11.5 Å². The summed E-state index contributed by atoms with van der Waals surface area (Å²) < 4.78 is 0. The number of allylic oxidation sites excluding steroid dienone is 1. The zero-order valence-corrected chi connectivity index (χ0v) is 22.7. The van der Waals surface area contributed by atoms with E-state index in [-0.39, 0.29) is 5.78 Å². The predicted molar refractivity (Wildman–Crippen MR) is 152 cm³/mol. The van der Waals surface area contributed by atoms with Gasteiger partial charge in [-0.1, -0.05) is 121 Å². The molecule has 2 rings (SSSR count). The maximum absolute atomic E-state index is 12.8. The van der Waals surface area contributed by atoms with Crippen molar-refractivity contribution in [2.45, 2.75) is 109 Å². The Kier molecular flexibility index (Phi) is 14.7. The van der Waals surface area contributed by atoms with Gasteiger partial charge in [0.15, 0.2) is 5.78 Å². The molecule has 186 valence electrons. The van der Waals surface area contributed by atoms with Crippen molar-refractivity contribution >= 4 is 23.6 Å². The molecule has 0 aliphatic rings. The fourth-order valence-corrected chi connectivity index (χ4v) is 5.42. The molecule has 2 aromatic rings. The number of carbonyl (C=O) groups excluding carboxylic acids is 1. The van der Waals surface area contributed by atoms with Crippen molar-refractivity contribution < 1.29 is 4.79 Å². The minimum absolute atomic E-state index is 0.0992. The molecule has 0 unspecified atom stereocenters. The molecule has 0 amide bonds. The first-order valence-electron chi connectivity index (χ1n) is 13.8. The van der Waals surface area contributed by atoms with Crippen LogP contribution in [0.4, 0.5) is 0 Å². The van der Waals surface area contributed by atoms with E-state index in [0.29, 0.717) is 0 Å². The van der Waals surface area contributed by atoms with Gasteiger partial charge in [0.1, 0.15) is 0 Å². The molecule has 0 aliphatic carbocycles. The topological polar surface area (TPSA) is 17.1 Å². The Hall–Kier alpha value is -1.80. The highest BCUT2D eigenvalue weighted by Crippen LogP contribution is 2.22. The first-order valence-corrected chi connectivity index (χ1v) is 14.7. The van der Waals surface area contributed by atoms with E-state index in [1.54, 1.807) is 6.08 Å². The van der Waals surface area contributed by atoms with Gasteiger partial charge in [0, 0.05) is 10.5 Å². The van der Waals surface area contributed by atoms with Gasteiger partial charge in [-0.05, 0) is 59.9 Å². The Labute approximate surface area is 213 Å². The van der Waals surface area contributed by atoms with Crippen molar-refractivity contribution in [2.24, 2.45) is 0 Å². The van der Waals surface area contributed by atoms with Gasteiger partial charge < -0.3 is 0 Å². The van der Waals surface area contributed by atoms with Gasteiger partial charge in [0.2, 0.25) is 0 Å². The fraction of sp³-hybridized carbons (Fsp3) is 0.531. The van der Waals surface area contributed by atoms with Crippen LogP contribution in [0.1, 0.15) is 118 Å². The molecule has 0 aliphatic heterocycles. The smallest absolute Gasteiger partial charge is 0.186 e. The van der Waals surface area contributed by atoms with E-state index in [1.807, 2.05) is 30.0 Å². The van der Waals surface area contributed by atoms with Crippen LogP contribution in [0.2, 0.25) is 0 Å². The molecule has 0 bridgehead atoms. The SMILES string of the molecule is CCCCCCCCCCCCCSc1ccc(C=CC(=O)c2cccc(CC)c2CC)cc1. The van der Waals surface area contributed by atoms with E-state index in [2.05, 4.69) is 51.1 Å². The summed E-state index contributed by atoms with van der Waals surface area (Å²) in [5.41, 5.74) is 4.39. The summed E-state index contributed by atoms with van der Waals surface area (Å²) in [4.78, 5) is 14.1. The molecular formula is C32H46OS. The van der Waals surface area contributed by atoms with Crippen LogP contribution in [0, 0.1) is 0 Å². The molecule has 0 aromatic heterocycles.